The lowest BCUT2D eigenvalue weighted by Crippen LogP contribution is -2.41. The molecule has 1 amide bonds. The van der Waals surface area contributed by atoms with E-state index in [1.165, 1.54) is 25.7 Å². The highest BCUT2D eigenvalue weighted by molar-refractivity contribution is 5.73. The summed E-state index contributed by atoms with van der Waals surface area (Å²) < 4.78 is 0. The number of carbonyl (C=O) groups excluding carboxylic acids is 1. The molecule has 16 heavy (non-hydrogen) atoms. The van der Waals surface area contributed by atoms with Gasteiger partial charge in [0.15, 0.2) is 0 Å². The van der Waals surface area contributed by atoms with E-state index < -0.39 is 0 Å². The highest BCUT2D eigenvalue weighted by Crippen LogP contribution is 2.30. The van der Waals surface area contributed by atoms with Crippen LogP contribution in [-0.2, 0) is 4.79 Å². The van der Waals surface area contributed by atoms with Crippen molar-refractivity contribution < 1.29 is 4.79 Å². The fraction of sp³-hybridized carbons (Fsp3) is 0.923. The zero-order valence-corrected chi connectivity index (χ0v) is 10.7. The summed E-state index contributed by atoms with van der Waals surface area (Å²) in [5.74, 6) is 1.38. The summed E-state index contributed by atoms with van der Waals surface area (Å²) in [5, 5.41) is 3.60. The van der Waals surface area contributed by atoms with Crippen LogP contribution in [0.25, 0.3) is 0 Å². The summed E-state index contributed by atoms with van der Waals surface area (Å²) in [6, 6.07) is 0.654. The molecule has 0 heterocycles. The van der Waals surface area contributed by atoms with Gasteiger partial charge in [0, 0.05) is 12.5 Å². The molecule has 3 N–H and O–H groups in total. The minimum absolute atomic E-state index is 0.189. The Morgan fingerprint density at radius 2 is 2.06 bits per heavy atom. The van der Waals surface area contributed by atoms with E-state index in [9.17, 15) is 4.79 Å². The van der Waals surface area contributed by atoms with Gasteiger partial charge in [-0.15, -0.1) is 0 Å². The molecular weight excluding hydrogens is 200 g/mol. The number of primary amides is 1. The minimum atomic E-state index is -0.189. The smallest absolute Gasteiger partial charge is 0.217 e. The van der Waals surface area contributed by atoms with Crippen molar-refractivity contribution >= 4 is 5.91 Å². The molecule has 1 fully saturated rings. The normalized spacial score (nSPS) is 25.9. The molecule has 1 saturated carbocycles. The van der Waals surface area contributed by atoms with E-state index in [0.717, 1.165) is 24.8 Å². The third kappa shape index (κ3) is 4.52. The van der Waals surface area contributed by atoms with Gasteiger partial charge >= 0.3 is 0 Å². The van der Waals surface area contributed by atoms with Crippen LogP contribution in [0.5, 0.6) is 0 Å². The van der Waals surface area contributed by atoms with Gasteiger partial charge in [0.25, 0.3) is 0 Å². The van der Waals surface area contributed by atoms with Crippen molar-refractivity contribution in [3.05, 3.63) is 0 Å². The van der Waals surface area contributed by atoms with E-state index >= 15 is 0 Å². The Bertz CT molecular complexity index is 216. The first-order chi connectivity index (χ1) is 7.61. The number of rotatable bonds is 6. The van der Waals surface area contributed by atoms with Gasteiger partial charge in [-0.2, -0.15) is 0 Å². The lowest BCUT2D eigenvalue weighted by Gasteiger charge is -2.35. The van der Waals surface area contributed by atoms with Crippen LogP contribution in [0.15, 0.2) is 0 Å². The summed E-state index contributed by atoms with van der Waals surface area (Å²) in [6.45, 7) is 5.55. The van der Waals surface area contributed by atoms with Crippen LogP contribution in [-0.4, -0.2) is 18.5 Å². The molecule has 0 aromatic rings. The number of nitrogens with one attached hydrogen (secondary N) is 1. The summed E-state index contributed by atoms with van der Waals surface area (Å²) >= 11 is 0. The van der Waals surface area contributed by atoms with Crippen LogP contribution < -0.4 is 11.1 Å². The second-order valence-electron chi connectivity index (χ2n) is 5.32. The first-order valence-electron chi connectivity index (χ1n) is 6.63. The Kier molecular flexibility index (Phi) is 5.81. The lowest BCUT2D eigenvalue weighted by molar-refractivity contribution is -0.118. The predicted octanol–water partition coefficient (Wildman–Crippen LogP) is 2.06. The van der Waals surface area contributed by atoms with Gasteiger partial charge in [0.05, 0.1) is 0 Å². The molecule has 1 rings (SSSR count). The van der Waals surface area contributed by atoms with Gasteiger partial charge in [-0.25, -0.2) is 0 Å². The van der Waals surface area contributed by atoms with Crippen molar-refractivity contribution in [3.63, 3.8) is 0 Å². The second kappa shape index (κ2) is 6.89. The van der Waals surface area contributed by atoms with E-state index in [4.69, 9.17) is 5.73 Å². The molecule has 2 atom stereocenters. The maximum absolute atomic E-state index is 10.6. The van der Waals surface area contributed by atoms with E-state index in [1.54, 1.807) is 0 Å². The van der Waals surface area contributed by atoms with Crippen molar-refractivity contribution in [2.75, 3.05) is 6.54 Å². The molecule has 0 spiro atoms. The van der Waals surface area contributed by atoms with Crippen LogP contribution in [0.3, 0.4) is 0 Å². The monoisotopic (exact) mass is 226 g/mol. The Morgan fingerprint density at radius 3 is 2.69 bits per heavy atom. The zero-order valence-electron chi connectivity index (χ0n) is 10.7. The summed E-state index contributed by atoms with van der Waals surface area (Å²) in [4.78, 5) is 10.6. The molecule has 1 aliphatic rings. The Labute approximate surface area is 99.2 Å². The molecule has 0 aromatic heterocycles. The summed E-state index contributed by atoms with van der Waals surface area (Å²) in [7, 11) is 0. The Hall–Kier alpha value is -0.570. The molecule has 0 aromatic carbocycles. The fourth-order valence-corrected chi connectivity index (χ4v) is 2.76. The third-order valence-electron chi connectivity index (χ3n) is 3.68. The molecule has 1 aliphatic carbocycles. The molecule has 0 aliphatic heterocycles. The summed E-state index contributed by atoms with van der Waals surface area (Å²) in [5.41, 5.74) is 5.12. The summed E-state index contributed by atoms with van der Waals surface area (Å²) in [6.07, 6.45) is 6.74. The molecule has 3 heteroatoms. The maximum atomic E-state index is 10.6. The Morgan fingerprint density at radius 1 is 1.38 bits per heavy atom. The highest BCUT2D eigenvalue weighted by atomic mass is 16.1. The second-order valence-corrected chi connectivity index (χ2v) is 5.32. The fourth-order valence-electron chi connectivity index (χ4n) is 2.76. The lowest BCUT2D eigenvalue weighted by atomic mass is 9.78. The topological polar surface area (TPSA) is 55.1 Å². The highest BCUT2D eigenvalue weighted by Gasteiger charge is 2.26. The van der Waals surface area contributed by atoms with Gasteiger partial charge in [-0.05, 0) is 37.6 Å². The van der Waals surface area contributed by atoms with E-state index in [1.807, 2.05) is 0 Å². The molecule has 0 saturated heterocycles. The van der Waals surface area contributed by atoms with Crippen LogP contribution in [0.2, 0.25) is 0 Å². The molecule has 0 bridgehead atoms. The van der Waals surface area contributed by atoms with Crippen LogP contribution in [0.1, 0.15) is 52.4 Å². The molecule has 3 nitrogen and oxygen atoms in total. The molecule has 94 valence electrons. The maximum Gasteiger partial charge on any atom is 0.217 e. The number of nitrogens with two attached hydrogens (primary N) is 1. The van der Waals surface area contributed by atoms with Crippen molar-refractivity contribution in [2.24, 2.45) is 17.6 Å². The number of hydrogen-bond acceptors (Lipinski definition) is 2. The Balaban J connectivity index is 2.24. The van der Waals surface area contributed by atoms with Crippen LogP contribution >= 0.6 is 0 Å². The van der Waals surface area contributed by atoms with E-state index in [-0.39, 0.29) is 5.91 Å². The van der Waals surface area contributed by atoms with E-state index in [2.05, 4.69) is 19.2 Å². The van der Waals surface area contributed by atoms with Gasteiger partial charge < -0.3 is 11.1 Å². The van der Waals surface area contributed by atoms with Gasteiger partial charge in [-0.1, -0.05) is 26.7 Å². The van der Waals surface area contributed by atoms with Gasteiger partial charge in [0.2, 0.25) is 5.91 Å². The van der Waals surface area contributed by atoms with Crippen molar-refractivity contribution in [3.8, 4) is 0 Å². The number of carbonyl (C=O) groups is 1. The van der Waals surface area contributed by atoms with Crippen LogP contribution in [0, 0.1) is 11.8 Å². The van der Waals surface area contributed by atoms with Gasteiger partial charge in [-0.3, -0.25) is 4.79 Å². The molecule has 0 radical (unpaired) electrons. The number of hydrogen-bond donors (Lipinski definition) is 2. The number of amides is 1. The molecular formula is C13H26N2O. The first-order valence-corrected chi connectivity index (χ1v) is 6.63. The predicted molar refractivity (Wildman–Crippen MR) is 67.0 cm³/mol. The minimum Gasteiger partial charge on any atom is -0.370 e. The third-order valence-corrected chi connectivity index (χ3v) is 3.68. The van der Waals surface area contributed by atoms with Crippen molar-refractivity contribution in [1.82, 2.24) is 5.32 Å². The standard InChI is InChI=1S/C13H26N2O/c1-10(2)11-6-3-4-7-12(11)15-9-5-8-13(14)16/h10-12,15H,3-9H2,1-2H3,(H2,14,16). The van der Waals surface area contributed by atoms with Crippen LogP contribution in [0.4, 0.5) is 0 Å². The zero-order chi connectivity index (χ0) is 12.0. The SMILES string of the molecule is CC(C)C1CCCCC1NCCCC(N)=O. The molecule has 2 unspecified atom stereocenters. The largest absolute Gasteiger partial charge is 0.370 e. The first kappa shape index (κ1) is 13.5. The van der Waals surface area contributed by atoms with Gasteiger partial charge in [0.1, 0.15) is 0 Å². The quantitative estimate of drug-likeness (QED) is 0.681. The van der Waals surface area contributed by atoms with Crippen molar-refractivity contribution in [2.45, 2.75) is 58.4 Å². The average Bonchev–Trinajstić information content (AvgIpc) is 2.24. The average molecular weight is 226 g/mol. The van der Waals surface area contributed by atoms with E-state index in [0.29, 0.717) is 12.5 Å². The van der Waals surface area contributed by atoms with Crippen molar-refractivity contribution in [1.29, 1.82) is 0 Å².